The third-order valence-corrected chi connectivity index (χ3v) is 5.72. The molecular weight excluding hydrogens is 489 g/mol. The summed E-state index contributed by atoms with van der Waals surface area (Å²) in [6.07, 6.45) is 2.28. The minimum absolute atomic E-state index is 0. The van der Waals surface area contributed by atoms with Gasteiger partial charge in [-0.05, 0) is 37.5 Å². The van der Waals surface area contributed by atoms with E-state index in [1.54, 1.807) is 0 Å². The molecule has 1 aromatic rings. The number of guanidine groups is 1. The van der Waals surface area contributed by atoms with Gasteiger partial charge in [-0.1, -0.05) is 23.7 Å². The van der Waals surface area contributed by atoms with Crippen LogP contribution in [0.2, 0.25) is 5.02 Å². The Morgan fingerprint density at radius 3 is 2.43 bits per heavy atom. The van der Waals surface area contributed by atoms with Crippen molar-refractivity contribution in [3.63, 3.8) is 0 Å². The molecule has 2 aliphatic heterocycles. The van der Waals surface area contributed by atoms with Crippen LogP contribution in [-0.2, 0) is 11.3 Å². The zero-order chi connectivity index (χ0) is 19.2. The Labute approximate surface area is 190 Å². The molecule has 2 heterocycles. The third-order valence-electron chi connectivity index (χ3n) is 5.49. The summed E-state index contributed by atoms with van der Waals surface area (Å²) in [6.45, 7) is 8.06. The second-order valence-electron chi connectivity index (χ2n) is 7.26. The van der Waals surface area contributed by atoms with E-state index >= 15 is 0 Å². The lowest BCUT2D eigenvalue weighted by molar-refractivity contribution is -0.135. The van der Waals surface area contributed by atoms with Gasteiger partial charge in [0.15, 0.2) is 5.96 Å². The molecule has 1 atom stereocenters. The van der Waals surface area contributed by atoms with Crippen LogP contribution in [0.5, 0.6) is 0 Å². The predicted octanol–water partition coefficient (Wildman–Crippen LogP) is 2.66. The Kier molecular flexibility index (Phi) is 9.30. The number of nitrogens with one attached hydrogen (secondary N) is 1. The standard InChI is InChI=1S/C20H30ClN5O.HI/c1-16(19(27)25-8-3-4-9-25)24-10-12-26(13-11-24)20(22-2)23-15-17-6-5-7-18(21)14-17;/h5-7,14,16H,3-4,8-13,15H2,1-2H3,(H,22,23);1H. The van der Waals surface area contributed by atoms with E-state index in [4.69, 9.17) is 11.6 Å². The number of carbonyl (C=O) groups excluding carboxylic acids is 1. The summed E-state index contributed by atoms with van der Waals surface area (Å²) < 4.78 is 0. The average Bonchev–Trinajstić information content (AvgIpc) is 3.23. The van der Waals surface area contributed by atoms with Crippen LogP contribution < -0.4 is 5.32 Å². The fraction of sp³-hybridized carbons (Fsp3) is 0.600. The molecular formula is C20H31ClIN5O. The second-order valence-corrected chi connectivity index (χ2v) is 7.70. The maximum absolute atomic E-state index is 12.6. The van der Waals surface area contributed by atoms with Gasteiger partial charge in [0, 0.05) is 57.9 Å². The van der Waals surface area contributed by atoms with Gasteiger partial charge in [-0.15, -0.1) is 24.0 Å². The Balaban J connectivity index is 0.00000280. The molecule has 2 saturated heterocycles. The van der Waals surface area contributed by atoms with Crippen LogP contribution in [0.4, 0.5) is 0 Å². The van der Waals surface area contributed by atoms with Crippen molar-refractivity contribution in [3.8, 4) is 0 Å². The van der Waals surface area contributed by atoms with Crippen molar-refractivity contribution < 1.29 is 4.79 Å². The molecule has 2 fully saturated rings. The molecule has 1 N–H and O–H groups in total. The molecule has 0 aliphatic carbocycles. The number of rotatable bonds is 4. The molecule has 0 saturated carbocycles. The van der Waals surface area contributed by atoms with Crippen molar-refractivity contribution in [1.29, 1.82) is 0 Å². The van der Waals surface area contributed by atoms with Crippen LogP contribution in [0.3, 0.4) is 0 Å². The number of nitrogens with zero attached hydrogens (tertiary/aromatic N) is 4. The zero-order valence-electron chi connectivity index (χ0n) is 16.7. The lowest BCUT2D eigenvalue weighted by atomic mass is 10.2. The van der Waals surface area contributed by atoms with Crippen LogP contribution in [0.1, 0.15) is 25.3 Å². The van der Waals surface area contributed by atoms with E-state index in [0.29, 0.717) is 6.54 Å². The molecule has 1 amide bonds. The minimum Gasteiger partial charge on any atom is -0.352 e. The van der Waals surface area contributed by atoms with Crippen molar-refractivity contribution in [1.82, 2.24) is 20.0 Å². The zero-order valence-corrected chi connectivity index (χ0v) is 19.8. The van der Waals surface area contributed by atoms with E-state index in [1.807, 2.05) is 37.1 Å². The van der Waals surface area contributed by atoms with Gasteiger partial charge >= 0.3 is 0 Å². The summed E-state index contributed by atoms with van der Waals surface area (Å²) in [5.41, 5.74) is 1.13. The largest absolute Gasteiger partial charge is 0.352 e. The quantitative estimate of drug-likeness (QED) is 0.378. The van der Waals surface area contributed by atoms with Gasteiger partial charge < -0.3 is 15.1 Å². The first-order chi connectivity index (χ1) is 13.1. The van der Waals surface area contributed by atoms with Gasteiger partial charge in [0.05, 0.1) is 6.04 Å². The molecule has 0 spiro atoms. The van der Waals surface area contributed by atoms with Crippen molar-refractivity contribution in [3.05, 3.63) is 34.9 Å². The van der Waals surface area contributed by atoms with Crippen molar-refractivity contribution in [2.45, 2.75) is 32.4 Å². The maximum Gasteiger partial charge on any atom is 0.239 e. The summed E-state index contributed by atoms with van der Waals surface area (Å²) in [6, 6.07) is 7.82. The van der Waals surface area contributed by atoms with Gasteiger partial charge in [0.25, 0.3) is 0 Å². The van der Waals surface area contributed by atoms with E-state index in [2.05, 4.69) is 26.2 Å². The highest BCUT2D eigenvalue weighted by molar-refractivity contribution is 14.0. The second kappa shape index (κ2) is 11.2. The molecule has 1 unspecified atom stereocenters. The first kappa shape index (κ1) is 23.2. The molecule has 2 aliphatic rings. The SMILES string of the molecule is CN=C(NCc1cccc(Cl)c1)N1CCN(C(C)C(=O)N2CCCC2)CC1.I. The lowest BCUT2D eigenvalue weighted by Gasteiger charge is -2.39. The number of likely N-dealkylation sites (tertiary alicyclic amines) is 1. The molecule has 6 nitrogen and oxygen atoms in total. The lowest BCUT2D eigenvalue weighted by Crippen LogP contribution is -2.57. The summed E-state index contributed by atoms with van der Waals surface area (Å²) in [5, 5.41) is 4.16. The van der Waals surface area contributed by atoms with Crippen molar-refractivity contribution >= 4 is 47.4 Å². The number of aliphatic imine (C=N–C) groups is 1. The first-order valence-corrected chi connectivity index (χ1v) is 10.2. The van der Waals surface area contributed by atoms with E-state index in [1.165, 1.54) is 0 Å². The highest BCUT2D eigenvalue weighted by atomic mass is 127. The van der Waals surface area contributed by atoms with Gasteiger partial charge in [-0.3, -0.25) is 14.7 Å². The normalized spacial score (nSPS) is 19.3. The molecule has 156 valence electrons. The number of benzene rings is 1. The van der Waals surface area contributed by atoms with Crippen LogP contribution in [-0.4, -0.2) is 78.9 Å². The minimum atomic E-state index is -0.0355. The Morgan fingerprint density at radius 1 is 1.14 bits per heavy atom. The highest BCUT2D eigenvalue weighted by Crippen LogP contribution is 2.14. The Hall–Kier alpha value is -1.06. The third kappa shape index (κ3) is 5.97. The van der Waals surface area contributed by atoms with E-state index in [-0.39, 0.29) is 35.9 Å². The Bertz CT molecular complexity index is 672. The molecule has 3 rings (SSSR count). The summed E-state index contributed by atoms with van der Waals surface area (Å²) in [5.74, 6) is 1.18. The topological polar surface area (TPSA) is 51.2 Å². The Morgan fingerprint density at radius 2 is 1.82 bits per heavy atom. The maximum atomic E-state index is 12.6. The summed E-state index contributed by atoms with van der Waals surface area (Å²) in [7, 11) is 1.81. The number of carbonyl (C=O) groups is 1. The number of amides is 1. The van der Waals surface area contributed by atoms with Gasteiger partial charge in [0.2, 0.25) is 5.91 Å². The molecule has 1 aromatic carbocycles. The highest BCUT2D eigenvalue weighted by Gasteiger charge is 2.30. The molecule has 8 heteroatoms. The van der Waals surface area contributed by atoms with E-state index < -0.39 is 0 Å². The van der Waals surface area contributed by atoms with E-state index in [9.17, 15) is 4.79 Å². The van der Waals surface area contributed by atoms with Crippen molar-refractivity contribution in [2.24, 2.45) is 4.99 Å². The number of piperazine rings is 1. The molecule has 0 radical (unpaired) electrons. The van der Waals surface area contributed by atoms with E-state index in [0.717, 1.165) is 68.7 Å². The number of hydrogen-bond donors (Lipinski definition) is 1. The fourth-order valence-electron chi connectivity index (χ4n) is 3.84. The molecule has 0 bridgehead atoms. The fourth-order valence-corrected chi connectivity index (χ4v) is 4.05. The average molecular weight is 520 g/mol. The van der Waals surface area contributed by atoms with Crippen LogP contribution in [0.25, 0.3) is 0 Å². The summed E-state index contributed by atoms with van der Waals surface area (Å²) >= 11 is 6.06. The molecule has 28 heavy (non-hydrogen) atoms. The van der Waals surface area contributed by atoms with Gasteiger partial charge in [-0.25, -0.2) is 0 Å². The van der Waals surface area contributed by atoms with Gasteiger partial charge in [-0.2, -0.15) is 0 Å². The molecule has 0 aromatic heterocycles. The van der Waals surface area contributed by atoms with Crippen molar-refractivity contribution in [2.75, 3.05) is 46.3 Å². The predicted molar refractivity (Wildman–Crippen MR) is 125 cm³/mol. The summed E-state index contributed by atoms with van der Waals surface area (Å²) in [4.78, 5) is 23.6. The number of hydrogen-bond acceptors (Lipinski definition) is 3. The van der Waals surface area contributed by atoms with Crippen LogP contribution in [0.15, 0.2) is 29.3 Å². The van der Waals surface area contributed by atoms with Crippen LogP contribution in [0, 0.1) is 0 Å². The smallest absolute Gasteiger partial charge is 0.239 e. The van der Waals surface area contributed by atoms with Crippen LogP contribution >= 0.6 is 35.6 Å². The number of halogens is 2. The first-order valence-electron chi connectivity index (χ1n) is 9.81. The monoisotopic (exact) mass is 519 g/mol. The van der Waals surface area contributed by atoms with Gasteiger partial charge in [0.1, 0.15) is 0 Å².